The summed E-state index contributed by atoms with van der Waals surface area (Å²) in [6.07, 6.45) is 7.37. The molecule has 0 saturated carbocycles. The van der Waals surface area contributed by atoms with Crippen molar-refractivity contribution >= 4 is 21.7 Å². The van der Waals surface area contributed by atoms with Crippen LogP contribution in [-0.2, 0) is 23.0 Å². The first-order valence-corrected chi connectivity index (χ1v) is 11.6. The highest BCUT2D eigenvalue weighted by atomic mass is 32.2. The van der Waals surface area contributed by atoms with Gasteiger partial charge in [0.05, 0.1) is 6.26 Å². The van der Waals surface area contributed by atoms with Crippen molar-refractivity contribution in [2.45, 2.75) is 31.5 Å². The predicted octanol–water partition coefficient (Wildman–Crippen LogP) is 0.544. The van der Waals surface area contributed by atoms with E-state index in [4.69, 9.17) is 10.7 Å². The average molecular weight is 405 g/mol. The van der Waals surface area contributed by atoms with E-state index in [1.54, 1.807) is 0 Å². The van der Waals surface area contributed by atoms with Gasteiger partial charge in [0.15, 0.2) is 0 Å². The number of rotatable bonds is 3. The number of guanidine groups is 1. The Morgan fingerprint density at radius 1 is 1.29 bits per heavy atom. The lowest BCUT2D eigenvalue weighted by Crippen LogP contribution is -2.53. The highest BCUT2D eigenvalue weighted by Gasteiger charge is 2.38. The van der Waals surface area contributed by atoms with Crippen LogP contribution in [0.15, 0.2) is 35.5 Å². The van der Waals surface area contributed by atoms with Gasteiger partial charge in [-0.3, -0.25) is 0 Å². The molecule has 0 aromatic heterocycles. The summed E-state index contributed by atoms with van der Waals surface area (Å²) in [5.74, 6) is 0.702. The Morgan fingerprint density at radius 2 is 2.07 bits per heavy atom. The van der Waals surface area contributed by atoms with E-state index in [0.29, 0.717) is 31.9 Å². The molecule has 0 amide bonds. The van der Waals surface area contributed by atoms with Crippen LogP contribution in [0.2, 0.25) is 0 Å². The van der Waals surface area contributed by atoms with E-state index in [1.807, 2.05) is 12.3 Å². The molecule has 3 heterocycles. The topological polar surface area (TPSA) is 112 Å². The van der Waals surface area contributed by atoms with Gasteiger partial charge < -0.3 is 21.7 Å². The summed E-state index contributed by atoms with van der Waals surface area (Å²) < 4.78 is 25.0. The summed E-state index contributed by atoms with van der Waals surface area (Å²) >= 11 is 0. The number of nitrogens with two attached hydrogens (primary N) is 1. The van der Waals surface area contributed by atoms with Crippen LogP contribution in [0.25, 0.3) is 0 Å². The molecule has 5 N–H and O–H groups in total. The molecule has 1 fully saturated rings. The summed E-state index contributed by atoms with van der Waals surface area (Å²) in [7, 11) is -3.15. The number of nitrogens with one attached hydrogen (secondary N) is 3. The molecule has 28 heavy (non-hydrogen) atoms. The molecule has 152 valence electrons. The fraction of sp³-hybridized carbons (Fsp3) is 0.526. The van der Waals surface area contributed by atoms with E-state index in [0.717, 1.165) is 25.2 Å². The number of fused-ring (bicyclic) bond motifs is 1. The van der Waals surface area contributed by atoms with Crippen molar-refractivity contribution in [1.82, 2.24) is 14.9 Å². The van der Waals surface area contributed by atoms with Crippen LogP contribution in [0, 0.1) is 5.92 Å². The highest BCUT2D eigenvalue weighted by molar-refractivity contribution is 7.88. The Kier molecular flexibility index (Phi) is 5.17. The van der Waals surface area contributed by atoms with Crippen LogP contribution in [0.4, 0.5) is 5.69 Å². The molecular formula is C19H28N6O2S. The van der Waals surface area contributed by atoms with Crippen LogP contribution in [-0.4, -0.2) is 50.2 Å². The van der Waals surface area contributed by atoms with E-state index in [1.165, 1.54) is 21.7 Å². The van der Waals surface area contributed by atoms with Crippen LogP contribution < -0.4 is 21.7 Å². The zero-order chi connectivity index (χ0) is 19.8. The van der Waals surface area contributed by atoms with Crippen LogP contribution in [0.1, 0.15) is 24.0 Å². The number of aliphatic imine (C=N–C) groups is 1. The first kappa shape index (κ1) is 19.4. The van der Waals surface area contributed by atoms with Gasteiger partial charge in [0.1, 0.15) is 5.66 Å². The number of anilines is 1. The van der Waals surface area contributed by atoms with Crippen molar-refractivity contribution in [2.24, 2.45) is 16.6 Å². The molecule has 1 saturated heterocycles. The zero-order valence-electron chi connectivity index (χ0n) is 16.1. The highest BCUT2D eigenvalue weighted by Crippen LogP contribution is 2.31. The van der Waals surface area contributed by atoms with Crippen molar-refractivity contribution < 1.29 is 8.42 Å². The molecule has 8 nitrogen and oxygen atoms in total. The molecule has 0 bridgehead atoms. The van der Waals surface area contributed by atoms with E-state index >= 15 is 0 Å². The fourth-order valence-corrected chi connectivity index (χ4v) is 5.03. The Bertz CT molecular complexity index is 905. The number of nitrogens with zero attached hydrogens (tertiary/aromatic N) is 2. The number of sulfonamides is 1. The van der Waals surface area contributed by atoms with Gasteiger partial charge in [-0.15, -0.1) is 0 Å². The molecule has 0 radical (unpaired) electrons. The zero-order valence-corrected chi connectivity index (χ0v) is 16.9. The van der Waals surface area contributed by atoms with Crippen molar-refractivity contribution in [3.8, 4) is 0 Å². The van der Waals surface area contributed by atoms with Gasteiger partial charge in [0, 0.05) is 37.4 Å². The maximum absolute atomic E-state index is 11.7. The molecule has 3 aliphatic rings. The minimum atomic E-state index is -3.15. The second-order valence-electron chi connectivity index (χ2n) is 7.80. The molecular weight excluding hydrogens is 376 g/mol. The third kappa shape index (κ3) is 4.07. The summed E-state index contributed by atoms with van der Waals surface area (Å²) in [4.78, 5) is 4.73. The predicted molar refractivity (Wildman–Crippen MR) is 111 cm³/mol. The Labute approximate surface area is 166 Å². The van der Waals surface area contributed by atoms with Crippen molar-refractivity contribution in [2.75, 3.05) is 31.2 Å². The Hall–Kier alpha value is -1.94. The van der Waals surface area contributed by atoms with E-state index in [2.05, 4.69) is 34.1 Å². The normalized spacial score (nSPS) is 26.3. The van der Waals surface area contributed by atoms with Gasteiger partial charge in [-0.25, -0.2) is 17.7 Å². The van der Waals surface area contributed by atoms with E-state index < -0.39 is 15.7 Å². The summed E-state index contributed by atoms with van der Waals surface area (Å²) in [6, 6.07) is 6.37. The van der Waals surface area contributed by atoms with Crippen molar-refractivity contribution in [3.05, 3.63) is 41.6 Å². The monoisotopic (exact) mass is 404 g/mol. The van der Waals surface area contributed by atoms with Gasteiger partial charge in [-0.1, -0.05) is 6.07 Å². The number of hydrogen-bond donors (Lipinski definition) is 4. The largest absolute Gasteiger partial charge is 0.333 e. The van der Waals surface area contributed by atoms with Crippen molar-refractivity contribution in [1.29, 1.82) is 0 Å². The second kappa shape index (κ2) is 7.47. The Balaban J connectivity index is 1.46. The fourth-order valence-electron chi connectivity index (χ4n) is 4.15. The molecule has 1 unspecified atom stereocenters. The lowest BCUT2D eigenvalue weighted by molar-refractivity contribution is 0.211. The van der Waals surface area contributed by atoms with Crippen molar-refractivity contribution in [3.63, 3.8) is 0 Å². The lowest BCUT2D eigenvalue weighted by Gasteiger charge is -2.39. The van der Waals surface area contributed by atoms with Crippen LogP contribution >= 0.6 is 0 Å². The molecule has 9 heteroatoms. The van der Waals surface area contributed by atoms with Gasteiger partial charge in [0.2, 0.25) is 16.0 Å². The average Bonchev–Trinajstić information content (AvgIpc) is 2.67. The minimum Gasteiger partial charge on any atom is -0.333 e. The third-order valence-electron chi connectivity index (χ3n) is 5.81. The number of benzene rings is 1. The SMILES string of the molecule is CS(=O)(=O)N1CCC(C2(N)C=CNC(Nc3ccc4c(c3)CNCC4)=N2)CC1. The summed E-state index contributed by atoms with van der Waals surface area (Å²) in [6.45, 7) is 2.87. The van der Waals surface area contributed by atoms with Gasteiger partial charge in [-0.2, -0.15) is 0 Å². The smallest absolute Gasteiger partial charge is 0.211 e. The maximum Gasteiger partial charge on any atom is 0.211 e. The first-order chi connectivity index (χ1) is 13.3. The molecule has 3 aliphatic heterocycles. The van der Waals surface area contributed by atoms with E-state index in [-0.39, 0.29) is 5.92 Å². The number of piperidine rings is 1. The third-order valence-corrected chi connectivity index (χ3v) is 7.11. The van der Waals surface area contributed by atoms with E-state index in [9.17, 15) is 8.42 Å². The standard InChI is InChI=1S/C19H28N6O2S/c1-28(26,27)25-10-5-16(6-11-25)19(20)7-9-22-18(24-19)23-17-3-2-14-4-8-21-13-15(14)12-17/h2-3,7,9,12,16,21H,4-6,8,10-11,13,20H2,1H3,(H2,22,23,24). The quantitative estimate of drug-likeness (QED) is 0.585. The summed E-state index contributed by atoms with van der Waals surface area (Å²) in [5, 5.41) is 9.85. The van der Waals surface area contributed by atoms with Gasteiger partial charge in [-0.05, 0) is 55.1 Å². The van der Waals surface area contributed by atoms with Gasteiger partial charge >= 0.3 is 0 Å². The lowest BCUT2D eigenvalue weighted by atomic mass is 9.85. The van der Waals surface area contributed by atoms with Gasteiger partial charge in [0.25, 0.3) is 0 Å². The minimum absolute atomic E-state index is 0.0911. The Morgan fingerprint density at radius 3 is 2.82 bits per heavy atom. The molecule has 1 atom stereocenters. The molecule has 0 aliphatic carbocycles. The number of hydrogen-bond acceptors (Lipinski definition) is 7. The van der Waals surface area contributed by atoms with Crippen LogP contribution in [0.5, 0.6) is 0 Å². The second-order valence-corrected chi connectivity index (χ2v) is 9.78. The first-order valence-electron chi connectivity index (χ1n) is 9.71. The summed E-state index contributed by atoms with van der Waals surface area (Å²) in [5.41, 5.74) is 9.43. The maximum atomic E-state index is 11.7. The van der Waals surface area contributed by atoms with Crippen LogP contribution in [0.3, 0.4) is 0 Å². The molecule has 1 aromatic rings. The molecule has 4 rings (SSSR count). The molecule has 1 aromatic carbocycles. The molecule has 0 spiro atoms.